The summed E-state index contributed by atoms with van der Waals surface area (Å²) in [6.45, 7) is 3.80. The van der Waals surface area contributed by atoms with Gasteiger partial charge >= 0.3 is 6.03 Å². The lowest BCUT2D eigenvalue weighted by Crippen LogP contribution is -2.47. The summed E-state index contributed by atoms with van der Waals surface area (Å²) < 4.78 is 53.6. The number of aliphatic hydroxyl groups excluding tert-OH is 1. The SMILES string of the molecule is CC1C(O)CS(=O)(=O)N1c1cnn2c1CN(C(=O)Nc1ccnc(C(F)F)c1)[C@@H](C)C2. The van der Waals surface area contributed by atoms with Gasteiger partial charge < -0.3 is 15.3 Å². The molecule has 2 N–H and O–H groups in total. The van der Waals surface area contributed by atoms with Gasteiger partial charge in [0.25, 0.3) is 6.43 Å². The van der Waals surface area contributed by atoms with E-state index in [0.29, 0.717) is 17.9 Å². The molecule has 31 heavy (non-hydrogen) atoms. The van der Waals surface area contributed by atoms with Gasteiger partial charge in [-0.15, -0.1) is 0 Å². The summed E-state index contributed by atoms with van der Waals surface area (Å²) in [5, 5.41) is 16.9. The van der Waals surface area contributed by atoms with Crippen molar-refractivity contribution in [3.63, 3.8) is 0 Å². The largest absolute Gasteiger partial charge is 0.390 e. The van der Waals surface area contributed by atoms with Crippen LogP contribution in [0.3, 0.4) is 0 Å². The molecule has 0 aromatic carbocycles. The third-order valence-electron chi connectivity index (χ3n) is 5.58. The number of carbonyl (C=O) groups is 1. The number of urea groups is 1. The van der Waals surface area contributed by atoms with E-state index in [4.69, 9.17) is 0 Å². The number of rotatable bonds is 3. The van der Waals surface area contributed by atoms with Crippen LogP contribution < -0.4 is 9.62 Å². The smallest absolute Gasteiger partial charge is 0.322 e. The van der Waals surface area contributed by atoms with E-state index in [1.807, 2.05) is 0 Å². The molecule has 2 unspecified atom stereocenters. The van der Waals surface area contributed by atoms with Gasteiger partial charge in [-0.3, -0.25) is 14.0 Å². The zero-order valence-corrected chi connectivity index (χ0v) is 17.6. The fourth-order valence-corrected chi connectivity index (χ4v) is 5.87. The Kier molecular flexibility index (Phi) is 5.33. The van der Waals surface area contributed by atoms with Crippen LogP contribution in [0.2, 0.25) is 0 Å². The second-order valence-corrected chi connectivity index (χ2v) is 9.61. The Morgan fingerprint density at radius 3 is 2.74 bits per heavy atom. The topological polar surface area (TPSA) is 121 Å². The number of hydrogen-bond donors (Lipinski definition) is 2. The van der Waals surface area contributed by atoms with Crippen molar-refractivity contribution in [3.8, 4) is 0 Å². The minimum Gasteiger partial charge on any atom is -0.390 e. The lowest BCUT2D eigenvalue weighted by molar-refractivity contribution is 0.146. The highest BCUT2D eigenvalue weighted by atomic mass is 32.2. The highest BCUT2D eigenvalue weighted by Crippen LogP contribution is 2.34. The molecule has 1 saturated heterocycles. The number of aromatic nitrogens is 3. The van der Waals surface area contributed by atoms with E-state index in [1.165, 1.54) is 23.4 Å². The number of nitrogens with zero attached hydrogens (tertiary/aromatic N) is 5. The van der Waals surface area contributed by atoms with Crippen molar-refractivity contribution in [2.24, 2.45) is 0 Å². The number of pyridine rings is 1. The Morgan fingerprint density at radius 1 is 1.35 bits per heavy atom. The van der Waals surface area contributed by atoms with Gasteiger partial charge in [0.1, 0.15) is 5.69 Å². The first-order valence-corrected chi connectivity index (χ1v) is 11.3. The van der Waals surface area contributed by atoms with Gasteiger partial charge in [-0.2, -0.15) is 5.10 Å². The van der Waals surface area contributed by atoms with Crippen LogP contribution in [0.25, 0.3) is 0 Å². The second kappa shape index (κ2) is 7.71. The van der Waals surface area contributed by atoms with Gasteiger partial charge in [0.15, 0.2) is 0 Å². The quantitative estimate of drug-likeness (QED) is 0.723. The molecule has 3 atom stereocenters. The summed E-state index contributed by atoms with van der Waals surface area (Å²) in [5.41, 5.74) is 0.565. The van der Waals surface area contributed by atoms with Crippen molar-refractivity contribution in [2.75, 3.05) is 15.4 Å². The first-order valence-electron chi connectivity index (χ1n) is 9.65. The summed E-state index contributed by atoms with van der Waals surface area (Å²) in [6, 6.07) is 1.05. The van der Waals surface area contributed by atoms with E-state index in [2.05, 4.69) is 15.4 Å². The van der Waals surface area contributed by atoms with Gasteiger partial charge in [0.2, 0.25) is 10.0 Å². The zero-order valence-electron chi connectivity index (χ0n) is 16.8. The first kappa shape index (κ1) is 21.4. The Labute approximate surface area is 177 Å². The van der Waals surface area contributed by atoms with Crippen molar-refractivity contribution in [1.29, 1.82) is 0 Å². The lowest BCUT2D eigenvalue weighted by Gasteiger charge is -2.35. The molecule has 2 aliphatic rings. The highest BCUT2D eigenvalue weighted by Gasteiger charge is 2.44. The Balaban J connectivity index is 1.59. The molecule has 2 aromatic rings. The molecule has 4 heterocycles. The van der Waals surface area contributed by atoms with Gasteiger partial charge in [0.05, 0.1) is 54.6 Å². The number of anilines is 2. The molecule has 10 nitrogen and oxygen atoms in total. The number of sulfonamides is 1. The molecule has 1 fully saturated rings. The van der Waals surface area contributed by atoms with Gasteiger partial charge in [-0.05, 0) is 26.0 Å². The Bertz CT molecular complexity index is 1110. The minimum absolute atomic E-state index is 0.0595. The van der Waals surface area contributed by atoms with E-state index in [9.17, 15) is 27.1 Å². The standard InChI is InChI=1S/C18H22F2N6O4S/c1-10-7-25-15(14(6-22-25)26-11(2)16(27)9-31(26,29)30)8-24(10)18(28)23-12-3-4-21-13(5-12)17(19)20/h3-6,10-11,16-17,27H,7-9H2,1-2H3,(H,21,23,28)/t10-,11?,16?/m0/s1. The predicted octanol–water partition coefficient (Wildman–Crippen LogP) is 1.55. The maximum Gasteiger partial charge on any atom is 0.322 e. The van der Waals surface area contributed by atoms with Crippen LogP contribution in [-0.2, 0) is 23.1 Å². The highest BCUT2D eigenvalue weighted by molar-refractivity contribution is 7.93. The van der Waals surface area contributed by atoms with Crippen LogP contribution in [0.5, 0.6) is 0 Å². The monoisotopic (exact) mass is 456 g/mol. The van der Waals surface area contributed by atoms with Gasteiger partial charge in [-0.1, -0.05) is 0 Å². The molecule has 0 bridgehead atoms. The number of hydrogen-bond acceptors (Lipinski definition) is 6. The van der Waals surface area contributed by atoms with E-state index >= 15 is 0 Å². The van der Waals surface area contributed by atoms with Gasteiger partial charge in [-0.25, -0.2) is 22.0 Å². The fourth-order valence-electron chi connectivity index (χ4n) is 3.90. The van der Waals surface area contributed by atoms with Crippen LogP contribution in [0.1, 0.15) is 31.7 Å². The Morgan fingerprint density at radius 2 is 2.10 bits per heavy atom. The zero-order chi connectivity index (χ0) is 22.5. The number of alkyl halides is 2. The molecule has 13 heteroatoms. The van der Waals surface area contributed by atoms with Crippen molar-refractivity contribution in [1.82, 2.24) is 19.7 Å². The normalized spacial score (nSPS) is 25.0. The van der Waals surface area contributed by atoms with E-state index < -0.39 is 40.3 Å². The molecule has 2 aliphatic heterocycles. The number of aliphatic hydroxyl groups is 1. The van der Waals surface area contributed by atoms with E-state index in [1.54, 1.807) is 18.5 Å². The molecular weight excluding hydrogens is 434 g/mol. The van der Waals surface area contributed by atoms with Crippen molar-refractivity contribution in [2.45, 2.75) is 51.6 Å². The summed E-state index contributed by atoms with van der Waals surface area (Å²) in [6.07, 6.45) is -1.18. The Hall–Kier alpha value is -2.80. The molecule has 4 rings (SSSR count). The molecule has 0 aliphatic carbocycles. The molecule has 2 amide bonds. The summed E-state index contributed by atoms with van der Waals surface area (Å²) in [4.78, 5) is 17.9. The van der Waals surface area contributed by atoms with Crippen molar-refractivity contribution >= 4 is 27.4 Å². The number of amides is 2. The molecular formula is C18H22F2N6O4S. The fraction of sp³-hybridized carbons (Fsp3) is 0.500. The van der Waals surface area contributed by atoms with Crippen LogP contribution in [-0.4, -0.2) is 63.2 Å². The average molecular weight is 456 g/mol. The van der Waals surface area contributed by atoms with Crippen LogP contribution >= 0.6 is 0 Å². The maximum absolute atomic E-state index is 12.9. The minimum atomic E-state index is -3.72. The molecule has 2 aromatic heterocycles. The summed E-state index contributed by atoms with van der Waals surface area (Å²) in [5.74, 6) is -0.381. The summed E-state index contributed by atoms with van der Waals surface area (Å²) in [7, 11) is -3.72. The average Bonchev–Trinajstić information content (AvgIpc) is 3.17. The molecule has 168 valence electrons. The number of halogens is 2. The first-order chi connectivity index (χ1) is 14.6. The third kappa shape index (κ3) is 3.82. The third-order valence-corrected chi connectivity index (χ3v) is 7.47. The predicted molar refractivity (Wildman–Crippen MR) is 107 cm³/mol. The van der Waals surface area contributed by atoms with Crippen LogP contribution in [0.4, 0.5) is 25.0 Å². The molecule has 0 saturated carbocycles. The molecule has 0 spiro atoms. The van der Waals surface area contributed by atoms with Crippen molar-refractivity contribution < 1.29 is 27.1 Å². The van der Waals surface area contributed by atoms with E-state index in [0.717, 1.165) is 10.4 Å². The second-order valence-electron chi connectivity index (χ2n) is 7.72. The van der Waals surface area contributed by atoms with Crippen molar-refractivity contribution in [3.05, 3.63) is 35.9 Å². The molecule has 0 radical (unpaired) electrons. The summed E-state index contributed by atoms with van der Waals surface area (Å²) >= 11 is 0. The lowest BCUT2D eigenvalue weighted by atomic mass is 10.1. The maximum atomic E-state index is 12.9. The van der Waals surface area contributed by atoms with Gasteiger partial charge in [0, 0.05) is 11.9 Å². The van der Waals surface area contributed by atoms with E-state index in [-0.39, 0.29) is 24.0 Å². The number of carbonyl (C=O) groups excluding carboxylic acids is 1. The van der Waals surface area contributed by atoms with Crippen LogP contribution in [0, 0.1) is 0 Å². The van der Waals surface area contributed by atoms with Crippen LogP contribution in [0.15, 0.2) is 24.5 Å². The number of fused-ring (bicyclic) bond motifs is 1. The number of nitrogens with one attached hydrogen (secondary N) is 1.